The van der Waals surface area contributed by atoms with Crippen molar-refractivity contribution in [2.24, 2.45) is 12.0 Å². The largest absolute Gasteiger partial charge is 0.424 e. The molecule has 170 valence electrons. The minimum Gasteiger partial charge on any atom is -0.382 e. The van der Waals surface area contributed by atoms with Crippen LogP contribution in [0.3, 0.4) is 0 Å². The molecule has 1 unspecified atom stereocenters. The van der Waals surface area contributed by atoms with Crippen LogP contribution in [0.15, 0.2) is 17.4 Å². The number of methoxy groups -OCH3 is 1. The minimum atomic E-state index is -4.86. The second-order valence-electron chi connectivity index (χ2n) is 6.12. The summed E-state index contributed by atoms with van der Waals surface area (Å²) in [5, 5.41) is 16.1. The van der Waals surface area contributed by atoms with Crippen molar-refractivity contribution in [2.45, 2.75) is 31.5 Å². The van der Waals surface area contributed by atoms with Crippen molar-refractivity contribution < 1.29 is 27.8 Å². The van der Waals surface area contributed by atoms with E-state index in [0.717, 1.165) is 4.57 Å². The third-order valence-electron chi connectivity index (χ3n) is 3.93. The SMILES string of the molecule is CCNC(=NCCCOCCOC)NCCC(O)(c1nccn1C)C(F)(F)F.I. The summed E-state index contributed by atoms with van der Waals surface area (Å²) in [6, 6.07) is 0. The first-order chi connectivity index (χ1) is 13.3. The van der Waals surface area contributed by atoms with Gasteiger partial charge in [0.2, 0.25) is 5.60 Å². The molecule has 0 aliphatic heterocycles. The Morgan fingerprint density at radius 3 is 2.55 bits per heavy atom. The van der Waals surface area contributed by atoms with E-state index in [1.165, 1.54) is 19.4 Å². The van der Waals surface area contributed by atoms with Gasteiger partial charge < -0.3 is 29.8 Å². The summed E-state index contributed by atoms with van der Waals surface area (Å²) in [5.41, 5.74) is -3.05. The maximum Gasteiger partial charge on any atom is 0.424 e. The molecule has 0 saturated carbocycles. The standard InChI is InChI=1S/C17H30F3N5O3.HI/c1-4-21-15(23-7-5-11-28-13-12-27-3)24-8-6-16(26,17(18,19)20)14-22-9-10-25(14)2;/h9-10,26H,4-8,11-13H2,1-3H3,(H2,21,23,24);1H. The Morgan fingerprint density at radius 2 is 2.00 bits per heavy atom. The van der Waals surface area contributed by atoms with Crippen LogP contribution in [0, 0.1) is 0 Å². The van der Waals surface area contributed by atoms with Gasteiger partial charge in [-0.25, -0.2) is 4.98 Å². The number of aliphatic imine (C=N–C) groups is 1. The molecule has 1 rings (SSSR count). The third kappa shape index (κ3) is 9.05. The van der Waals surface area contributed by atoms with Crippen LogP contribution in [0.2, 0.25) is 0 Å². The number of imidazole rings is 1. The van der Waals surface area contributed by atoms with Crippen molar-refractivity contribution in [1.82, 2.24) is 20.2 Å². The molecule has 1 aromatic rings. The van der Waals surface area contributed by atoms with E-state index >= 15 is 0 Å². The lowest BCUT2D eigenvalue weighted by Crippen LogP contribution is -2.48. The molecule has 0 aliphatic carbocycles. The fraction of sp³-hybridized carbons (Fsp3) is 0.765. The van der Waals surface area contributed by atoms with E-state index < -0.39 is 24.0 Å². The number of ether oxygens (including phenoxy) is 2. The molecule has 0 amide bonds. The van der Waals surface area contributed by atoms with Crippen LogP contribution in [0.1, 0.15) is 25.6 Å². The molecule has 3 N–H and O–H groups in total. The number of aromatic nitrogens is 2. The van der Waals surface area contributed by atoms with Gasteiger partial charge in [0.05, 0.1) is 13.2 Å². The van der Waals surface area contributed by atoms with Gasteiger partial charge in [-0.1, -0.05) is 0 Å². The number of nitrogens with zero attached hydrogens (tertiary/aromatic N) is 3. The summed E-state index contributed by atoms with van der Waals surface area (Å²) in [5.74, 6) is -0.0688. The summed E-state index contributed by atoms with van der Waals surface area (Å²) in [6.07, 6.45) is -2.21. The lowest BCUT2D eigenvalue weighted by Gasteiger charge is -2.30. The molecule has 0 saturated heterocycles. The average Bonchev–Trinajstić information content (AvgIpc) is 3.06. The zero-order valence-corrected chi connectivity index (χ0v) is 19.3. The molecule has 0 aromatic carbocycles. The monoisotopic (exact) mass is 537 g/mol. The van der Waals surface area contributed by atoms with Crippen molar-refractivity contribution >= 4 is 29.9 Å². The number of nitrogens with one attached hydrogen (secondary N) is 2. The van der Waals surface area contributed by atoms with Gasteiger partial charge >= 0.3 is 6.18 Å². The molecule has 1 heterocycles. The summed E-state index contributed by atoms with van der Waals surface area (Å²) in [6.45, 7) is 4.25. The van der Waals surface area contributed by atoms with Gasteiger partial charge in [0.15, 0.2) is 5.96 Å². The second kappa shape index (κ2) is 14.0. The average molecular weight is 537 g/mol. The Labute approximate surface area is 186 Å². The number of aryl methyl sites for hydroxylation is 1. The predicted octanol–water partition coefficient (Wildman–Crippen LogP) is 1.79. The smallest absolute Gasteiger partial charge is 0.382 e. The van der Waals surface area contributed by atoms with E-state index in [1.54, 1.807) is 7.11 Å². The number of halogens is 4. The molecule has 1 atom stereocenters. The van der Waals surface area contributed by atoms with Crippen molar-refractivity contribution in [2.75, 3.05) is 46.6 Å². The van der Waals surface area contributed by atoms with E-state index in [2.05, 4.69) is 20.6 Å². The molecular weight excluding hydrogens is 506 g/mol. The van der Waals surface area contributed by atoms with E-state index in [4.69, 9.17) is 9.47 Å². The maximum absolute atomic E-state index is 13.5. The second-order valence-corrected chi connectivity index (χ2v) is 6.12. The number of aliphatic hydroxyl groups is 1. The van der Waals surface area contributed by atoms with Crippen LogP contribution in [-0.4, -0.2) is 73.4 Å². The van der Waals surface area contributed by atoms with Gasteiger partial charge in [-0.3, -0.25) is 4.99 Å². The first kappa shape index (κ1) is 27.9. The Balaban J connectivity index is 0.00000784. The summed E-state index contributed by atoms with van der Waals surface area (Å²) in [7, 11) is 3.00. The highest BCUT2D eigenvalue weighted by atomic mass is 127. The molecule has 0 radical (unpaired) electrons. The lowest BCUT2D eigenvalue weighted by molar-refractivity contribution is -0.272. The zero-order valence-electron chi connectivity index (χ0n) is 17.0. The molecule has 12 heteroatoms. The third-order valence-corrected chi connectivity index (χ3v) is 3.93. The van der Waals surface area contributed by atoms with Gasteiger partial charge in [-0.2, -0.15) is 13.2 Å². The van der Waals surface area contributed by atoms with Gasteiger partial charge in [-0.05, 0) is 13.3 Å². The topological polar surface area (TPSA) is 92.9 Å². The lowest BCUT2D eigenvalue weighted by atomic mass is 9.97. The summed E-state index contributed by atoms with van der Waals surface area (Å²) in [4.78, 5) is 7.97. The van der Waals surface area contributed by atoms with Crippen LogP contribution in [-0.2, 0) is 22.1 Å². The fourth-order valence-corrected chi connectivity index (χ4v) is 2.45. The maximum atomic E-state index is 13.5. The van der Waals surface area contributed by atoms with Crippen LogP contribution in [0.4, 0.5) is 13.2 Å². The first-order valence-electron chi connectivity index (χ1n) is 9.12. The van der Waals surface area contributed by atoms with Crippen molar-refractivity contribution in [3.63, 3.8) is 0 Å². The Morgan fingerprint density at radius 1 is 1.28 bits per heavy atom. The Hall–Kier alpha value is -1.12. The molecular formula is C17H31F3IN5O3. The molecule has 0 spiro atoms. The van der Waals surface area contributed by atoms with Crippen molar-refractivity contribution in [1.29, 1.82) is 0 Å². The highest BCUT2D eigenvalue weighted by Gasteiger charge is 2.57. The number of alkyl halides is 3. The molecule has 29 heavy (non-hydrogen) atoms. The van der Waals surface area contributed by atoms with E-state index in [1.807, 2.05) is 6.92 Å². The van der Waals surface area contributed by atoms with Crippen LogP contribution < -0.4 is 10.6 Å². The van der Waals surface area contributed by atoms with E-state index in [9.17, 15) is 18.3 Å². The van der Waals surface area contributed by atoms with Gasteiger partial charge in [-0.15, -0.1) is 24.0 Å². The molecule has 8 nitrogen and oxygen atoms in total. The fourth-order valence-electron chi connectivity index (χ4n) is 2.45. The summed E-state index contributed by atoms with van der Waals surface area (Å²) >= 11 is 0. The number of hydrogen-bond donors (Lipinski definition) is 3. The normalized spacial score (nSPS) is 14.2. The van der Waals surface area contributed by atoms with Crippen LogP contribution in [0.25, 0.3) is 0 Å². The highest BCUT2D eigenvalue weighted by molar-refractivity contribution is 14.0. The van der Waals surface area contributed by atoms with Crippen LogP contribution in [0.5, 0.6) is 0 Å². The Bertz CT molecular complexity index is 601. The molecule has 0 aliphatic rings. The van der Waals surface area contributed by atoms with Gasteiger partial charge in [0.25, 0.3) is 0 Å². The van der Waals surface area contributed by atoms with Crippen molar-refractivity contribution in [3.05, 3.63) is 18.2 Å². The summed E-state index contributed by atoms with van der Waals surface area (Å²) < 4.78 is 51.9. The number of hydrogen-bond acceptors (Lipinski definition) is 5. The number of rotatable bonds is 12. The van der Waals surface area contributed by atoms with Gasteiger partial charge in [0, 0.05) is 59.2 Å². The molecule has 0 bridgehead atoms. The predicted molar refractivity (Wildman–Crippen MR) is 114 cm³/mol. The number of guanidine groups is 1. The zero-order chi connectivity index (χ0) is 21.0. The minimum absolute atomic E-state index is 0. The Kier molecular flexibility index (Phi) is 13.4. The van der Waals surface area contributed by atoms with Gasteiger partial charge in [0.1, 0.15) is 5.82 Å². The highest BCUT2D eigenvalue weighted by Crippen LogP contribution is 2.40. The molecule has 1 aromatic heterocycles. The quantitative estimate of drug-likeness (QED) is 0.163. The van der Waals surface area contributed by atoms with Crippen molar-refractivity contribution in [3.8, 4) is 0 Å². The molecule has 0 fully saturated rings. The van der Waals surface area contributed by atoms with Crippen LogP contribution >= 0.6 is 24.0 Å². The van der Waals surface area contributed by atoms with E-state index in [-0.39, 0.29) is 30.5 Å². The van der Waals surface area contributed by atoms with E-state index in [0.29, 0.717) is 45.3 Å². The first-order valence-corrected chi connectivity index (χ1v) is 9.12.